The van der Waals surface area contributed by atoms with Crippen LogP contribution >= 0.6 is 0 Å². The van der Waals surface area contributed by atoms with Gasteiger partial charge in [0.05, 0.1) is 25.7 Å². The molecule has 0 aliphatic carbocycles. The molecule has 0 aliphatic rings. The van der Waals surface area contributed by atoms with Gasteiger partial charge in [0.2, 0.25) is 0 Å². The van der Waals surface area contributed by atoms with E-state index in [4.69, 9.17) is 9.47 Å². The minimum Gasteiger partial charge on any atom is -0.497 e. The summed E-state index contributed by atoms with van der Waals surface area (Å²) in [5, 5.41) is 9.39. The lowest BCUT2D eigenvalue weighted by Crippen LogP contribution is -2.06. The predicted molar refractivity (Wildman–Crippen MR) is 87.3 cm³/mol. The Hall–Kier alpha value is -2.47. The standard InChI is InChI=1S/C19H21NO2/c1-3-15-7-4-5-10-19(15)22-12-11-17(14-20)16-8-6-9-18(13-16)21-2/h4-10,13,17H,3,11-12H2,1-2H3. The number of hydrogen-bond donors (Lipinski definition) is 0. The Labute approximate surface area is 132 Å². The van der Waals surface area contributed by atoms with Crippen LogP contribution < -0.4 is 9.47 Å². The Morgan fingerprint density at radius 1 is 1.14 bits per heavy atom. The summed E-state index contributed by atoms with van der Waals surface area (Å²) in [4.78, 5) is 0. The van der Waals surface area contributed by atoms with E-state index < -0.39 is 0 Å². The first-order valence-corrected chi connectivity index (χ1v) is 7.52. The highest BCUT2D eigenvalue weighted by Gasteiger charge is 2.12. The minimum absolute atomic E-state index is 0.191. The van der Waals surface area contributed by atoms with E-state index in [1.165, 1.54) is 5.56 Å². The van der Waals surface area contributed by atoms with Crippen LogP contribution in [0.1, 0.15) is 30.4 Å². The maximum absolute atomic E-state index is 9.39. The molecule has 0 amide bonds. The first kappa shape index (κ1) is 15.9. The van der Waals surface area contributed by atoms with Crippen molar-refractivity contribution in [2.75, 3.05) is 13.7 Å². The number of nitriles is 1. The van der Waals surface area contributed by atoms with Gasteiger partial charge in [-0.2, -0.15) is 5.26 Å². The second-order valence-electron chi connectivity index (χ2n) is 5.06. The molecule has 22 heavy (non-hydrogen) atoms. The molecule has 0 aromatic heterocycles. The molecular formula is C19H21NO2. The Bertz CT molecular complexity index is 646. The maximum atomic E-state index is 9.39. The van der Waals surface area contributed by atoms with Crippen molar-refractivity contribution in [1.29, 1.82) is 5.26 Å². The fourth-order valence-corrected chi connectivity index (χ4v) is 2.39. The summed E-state index contributed by atoms with van der Waals surface area (Å²) in [5.41, 5.74) is 2.16. The number of aryl methyl sites for hydroxylation is 1. The van der Waals surface area contributed by atoms with E-state index in [1.54, 1.807) is 7.11 Å². The van der Waals surface area contributed by atoms with Crippen LogP contribution in [0.25, 0.3) is 0 Å². The Morgan fingerprint density at radius 2 is 1.95 bits per heavy atom. The van der Waals surface area contributed by atoms with Crippen molar-refractivity contribution in [3.63, 3.8) is 0 Å². The van der Waals surface area contributed by atoms with Gasteiger partial charge in [-0.15, -0.1) is 0 Å². The fourth-order valence-electron chi connectivity index (χ4n) is 2.39. The van der Waals surface area contributed by atoms with Crippen LogP contribution in [0.3, 0.4) is 0 Å². The molecule has 0 saturated carbocycles. The average molecular weight is 295 g/mol. The normalized spacial score (nSPS) is 11.5. The first-order valence-electron chi connectivity index (χ1n) is 7.52. The molecular weight excluding hydrogens is 274 g/mol. The summed E-state index contributed by atoms with van der Waals surface area (Å²) in [6.07, 6.45) is 1.59. The lowest BCUT2D eigenvalue weighted by Gasteiger charge is -2.13. The highest BCUT2D eigenvalue weighted by atomic mass is 16.5. The van der Waals surface area contributed by atoms with Crippen LogP contribution in [-0.4, -0.2) is 13.7 Å². The quantitative estimate of drug-likeness (QED) is 0.763. The van der Waals surface area contributed by atoms with Gasteiger partial charge < -0.3 is 9.47 Å². The predicted octanol–water partition coefficient (Wildman–Crippen LogP) is 4.33. The molecule has 0 saturated heterocycles. The third-order valence-corrected chi connectivity index (χ3v) is 3.67. The highest BCUT2D eigenvalue weighted by Crippen LogP contribution is 2.24. The monoisotopic (exact) mass is 295 g/mol. The van der Waals surface area contributed by atoms with Crippen LogP contribution in [0.5, 0.6) is 11.5 Å². The van der Waals surface area contributed by atoms with Gasteiger partial charge in [0, 0.05) is 6.42 Å². The summed E-state index contributed by atoms with van der Waals surface area (Å²) >= 11 is 0. The summed E-state index contributed by atoms with van der Waals surface area (Å²) in [6.45, 7) is 2.63. The number of rotatable bonds is 7. The molecule has 0 heterocycles. The van der Waals surface area contributed by atoms with E-state index in [0.29, 0.717) is 13.0 Å². The van der Waals surface area contributed by atoms with Crippen molar-refractivity contribution in [2.45, 2.75) is 25.7 Å². The third kappa shape index (κ3) is 4.02. The number of ether oxygens (including phenoxy) is 2. The second kappa shape index (κ2) is 8.09. The highest BCUT2D eigenvalue weighted by molar-refractivity contribution is 5.34. The zero-order valence-corrected chi connectivity index (χ0v) is 13.1. The first-order chi connectivity index (χ1) is 10.8. The lowest BCUT2D eigenvalue weighted by molar-refractivity contribution is 0.303. The van der Waals surface area contributed by atoms with E-state index >= 15 is 0 Å². The number of hydrogen-bond acceptors (Lipinski definition) is 3. The third-order valence-electron chi connectivity index (χ3n) is 3.67. The molecule has 0 N–H and O–H groups in total. The minimum atomic E-state index is -0.191. The van der Waals surface area contributed by atoms with Crippen molar-refractivity contribution in [3.05, 3.63) is 59.7 Å². The fraction of sp³-hybridized carbons (Fsp3) is 0.316. The van der Waals surface area contributed by atoms with Crippen molar-refractivity contribution in [3.8, 4) is 17.6 Å². The topological polar surface area (TPSA) is 42.2 Å². The van der Waals surface area contributed by atoms with E-state index in [-0.39, 0.29) is 5.92 Å². The van der Waals surface area contributed by atoms with Crippen molar-refractivity contribution in [1.82, 2.24) is 0 Å². The summed E-state index contributed by atoms with van der Waals surface area (Å²) in [5.74, 6) is 1.49. The molecule has 114 valence electrons. The second-order valence-corrected chi connectivity index (χ2v) is 5.06. The largest absolute Gasteiger partial charge is 0.497 e. The molecule has 0 bridgehead atoms. The zero-order chi connectivity index (χ0) is 15.8. The van der Waals surface area contributed by atoms with Gasteiger partial charge in [0.25, 0.3) is 0 Å². The molecule has 2 rings (SSSR count). The van der Waals surface area contributed by atoms with E-state index in [1.807, 2.05) is 42.5 Å². The SMILES string of the molecule is CCc1ccccc1OCCC(C#N)c1cccc(OC)c1. The van der Waals surface area contributed by atoms with Gasteiger partial charge in [0.1, 0.15) is 11.5 Å². The van der Waals surface area contributed by atoms with Gasteiger partial charge >= 0.3 is 0 Å². The summed E-state index contributed by atoms with van der Waals surface area (Å²) in [7, 11) is 1.63. The molecule has 0 radical (unpaired) electrons. The smallest absolute Gasteiger partial charge is 0.122 e. The number of benzene rings is 2. The van der Waals surface area contributed by atoms with Crippen LogP contribution in [-0.2, 0) is 6.42 Å². The number of nitrogens with zero attached hydrogens (tertiary/aromatic N) is 1. The summed E-state index contributed by atoms with van der Waals surface area (Å²) < 4.78 is 11.1. The molecule has 2 aromatic rings. The summed E-state index contributed by atoms with van der Waals surface area (Å²) in [6, 6.07) is 18.0. The number of methoxy groups -OCH3 is 1. The van der Waals surface area contributed by atoms with Crippen LogP contribution in [0.4, 0.5) is 0 Å². The molecule has 3 heteroatoms. The molecule has 0 spiro atoms. The zero-order valence-electron chi connectivity index (χ0n) is 13.1. The van der Waals surface area contributed by atoms with E-state index in [2.05, 4.69) is 19.1 Å². The molecule has 1 unspecified atom stereocenters. The molecule has 2 aromatic carbocycles. The van der Waals surface area contributed by atoms with Crippen LogP contribution in [0, 0.1) is 11.3 Å². The van der Waals surface area contributed by atoms with Gasteiger partial charge in [-0.05, 0) is 35.7 Å². The van der Waals surface area contributed by atoms with Crippen molar-refractivity contribution in [2.24, 2.45) is 0 Å². The number of para-hydroxylation sites is 1. The van der Waals surface area contributed by atoms with E-state index in [9.17, 15) is 5.26 Å². The van der Waals surface area contributed by atoms with Crippen LogP contribution in [0.2, 0.25) is 0 Å². The van der Waals surface area contributed by atoms with Gasteiger partial charge in [-0.1, -0.05) is 37.3 Å². The van der Waals surface area contributed by atoms with E-state index in [0.717, 1.165) is 23.5 Å². The maximum Gasteiger partial charge on any atom is 0.122 e. The molecule has 1 atom stereocenters. The lowest BCUT2D eigenvalue weighted by atomic mass is 9.97. The van der Waals surface area contributed by atoms with Crippen molar-refractivity contribution < 1.29 is 9.47 Å². The Kier molecular flexibility index (Phi) is 5.85. The van der Waals surface area contributed by atoms with Gasteiger partial charge in [-0.25, -0.2) is 0 Å². The average Bonchev–Trinajstić information content (AvgIpc) is 2.59. The van der Waals surface area contributed by atoms with Gasteiger partial charge in [-0.3, -0.25) is 0 Å². The Morgan fingerprint density at radius 3 is 2.68 bits per heavy atom. The molecule has 0 fully saturated rings. The molecule has 0 aliphatic heterocycles. The van der Waals surface area contributed by atoms with Gasteiger partial charge in [0.15, 0.2) is 0 Å². The Balaban J connectivity index is 1.98. The van der Waals surface area contributed by atoms with Crippen molar-refractivity contribution >= 4 is 0 Å². The van der Waals surface area contributed by atoms with Crippen LogP contribution in [0.15, 0.2) is 48.5 Å². The molecule has 3 nitrogen and oxygen atoms in total.